The van der Waals surface area contributed by atoms with Gasteiger partial charge in [0.25, 0.3) is 0 Å². The van der Waals surface area contributed by atoms with Crippen molar-refractivity contribution in [2.45, 2.75) is 18.9 Å². The second-order valence-corrected chi connectivity index (χ2v) is 5.42. The summed E-state index contributed by atoms with van der Waals surface area (Å²) in [4.78, 5) is 10.5. The predicted octanol–water partition coefficient (Wildman–Crippen LogP) is 3.06. The van der Waals surface area contributed by atoms with E-state index in [-0.39, 0.29) is 12.0 Å². The first-order chi connectivity index (χ1) is 10.2. The summed E-state index contributed by atoms with van der Waals surface area (Å²) in [6, 6.07) is 10.2. The van der Waals surface area contributed by atoms with E-state index in [0.29, 0.717) is 5.15 Å². The van der Waals surface area contributed by atoms with Crippen molar-refractivity contribution >= 4 is 23.4 Å². The van der Waals surface area contributed by atoms with Crippen LogP contribution in [0.1, 0.15) is 24.4 Å². The normalized spacial score (nSPS) is 18.0. The van der Waals surface area contributed by atoms with Crippen LogP contribution in [0.5, 0.6) is 5.75 Å². The molecule has 1 aromatic carbocycles. The molecular formula is C15H17ClN4O. The van der Waals surface area contributed by atoms with Crippen molar-refractivity contribution in [1.82, 2.24) is 9.97 Å². The topological polar surface area (TPSA) is 64.3 Å². The molecule has 2 N–H and O–H groups in total. The van der Waals surface area contributed by atoms with E-state index in [4.69, 9.17) is 22.1 Å². The van der Waals surface area contributed by atoms with Crippen molar-refractivity contribution < 1.29 is 4.74 Å². The standard InChI is InChI=1S/C15H17ClN4O/c1-21-11-6-4-10(5-7-11)12-3-2-8-20(12)14-9-13(16)18-15(17)19-14/h4-7,9,12H,2-3,8H2,1H3,(H2,17,18,19). The number of nitrogens with zero attached hydrogens (tertiary/aromatic N) is 3. The van der Waals surface area contributed by atoms with Crippen LogP contribution in [-0.4, -0.2) is 23.6 Å². The van der Waals surface area contributed by atoms with Gasteiger partial charge in [-0.3, -0.25) is 0 Å². The van der Waals surface area contributed by atoms with Gasteiger partial charge in [-0.15, -0.1) is 0 Å². The number of aromatic nitrogens is 2. The van der Waals surface area contributed by atoms with E-state index in [1.54, 1.807) is 13.2 Å². The summed E-state index contributed by atoms with van der Waals surface area (Å²) in [5.41, 5.74) is 6.94. The highest BCUT2D eigenvalue weighted by molar-refractivity contribution is 6.29. The van der Waals surface area contributed by atoms with Crippen LogP contribution in [0.4, 0.5) is 11.8 Å². The fourth-order valence-electron chi connectivity index (χ4n) is 2.78. The maximum atomic E-state index is 5.99. The summed E-state index contributed by atoms with van der Waals surface area (Å²) in [5.74, 6) is 1.85. The number of methoxy groups -OCH3 is 1. The second kappa shape index (κ2) is 5.77. The molecule has 0 spiro atoms. The zero-order valence-electron chi connectivity index (χ0n) is 11.8. The first-order valence-corrected chi connectivity index (χ1v) is 7.26. The van der Waals surface area contributed by atoms with E-state index >= 15 is 0 Å². The summed E-state index contributed by atoms with van der Waals surface area (Å²) >= 11 is 5.99. The van der Waals surface area contributed by atoms with E-state index in [0.717, 1.165) is 31.0 Å². The number of nitrogens with two attached hydrogens (primary N) is 1. The van der Waals surface area contributed by atoms with Gasteiger partial charge in [0.2, 0.25) is 5.95 Å². The number of rotatable bonds is 3. The van der Waals surface area contributed by atoms with Gasteiger partial charge in [0, 0.05) is 12.6 Å². The van der Waals surface area contributed by atoms with Crippen molar-refractivity contribution in [2.24, 2.45) is 0 Å². The number of halogens is 1. The predicted molar refractivity (Wildman–Crippen MR) is 83.8 cm³/mol. The van der Waals surface area contributed by atoms with Gasteiger partial charge in [-0.25, -0.2) is 4.98 Å². The molecule has 1 aliphatic rings. The first-order valence-electron chi connectivity index (χ1n) is 6.88. The third-order valence-electron chi connectivity index (χ3n) is 3.75. The molecule has 1 aromatic heterocycles. The van der Waals surface area contributed by atoms with Gasteiger partial charge in [0.05, 0.1) is 13.2 Å². The SMILES string of the molecule is COc1ccc(C2CCCN2c2cc(Cl)nc(N)n2)cc1. The molecule has 1 unspecified atom stereocenters. The summed E-state index contributed by atoms with van der Waals surface area (Å²) in [5, 5.41) is 0.373. The zero-order chi connectivity index (χ0) is 14.8. The molecule has 1 aliphatic heterocycles. The van der Waals surface area contributed by atoms with Gasteiger partial charge in [0.15, 0.2) is 0 Å². The molecule has 0 saturated carbocycles. The lowest BCUT2D eigenvalue weighted by Crippen LogP contribution is -2.24. The minimum atomic E-state index is 0.206. The van der Waals surface area contributed by atoms with Crippen LogP contribution in [0.15, 0.2) is 30.3 Å². The fourth-order valence-corrected chi connectivity index (χ4v) is 2.97. The summed E-state index contributed by atoms with van der Waals surface area (Å²) < 4.78 is 5.21. The Bertz CT molecular complexity index is 612. The van der Waals surface area contributed by atoms with Crippen molar-refractivity contribution in [1.29, 1.82) is 0 Å². The van der Waals surface area contributed by atoms with E-state index in [2.05, 4.69) is 27.0 Å². The number of hydrogen-bond acceptors (Lipinski definition) is 5. The van der Waals surface area contributed by atoms with Crippen molar-refractivity contribution in [3.63, 3.8) is 0 Å². The highest BCUT2D eigenvalue weighted by atomic mass is 35.5. The summed E-state index contributed by atoms with van der Waals surface area (Å²) in [6.45, 7) is 0.934. The molecule has 1 fully saturated rings. The highest BCUT2D eigenvalue weighted by Gasteiger charge is 2.27. The van der Waals surface area contributed by atoms with Crippen LogP contribution in [0, 0.1) is 0 Å². The molecule has 2 heterocycles. The maximum Gasteiger partial charge on any atom is 0.223 e. The quantitative estimate of drug-likeness (QED) is 0.883. The minimum Gasteiger partial charge on any atom is -0.497 e. The molecule has 0 aliphatic carbocycles. The fraction of sp³-hybridized carbons (Fsp3) is 0.333. The lowest BCUT2D eigenvalue weighted by Gasteiger charge is -2.26. The largest absolute Gasteiger partial charge is 0.497 e. The Morgan fingerprint density at radius 1 is 1.29 bits per heavy atom. The lowest BCUT2D eigenvalue weighted by molar-refractivity contribution is 0.414. The van der Waals surface area contributed by atoms with Gasteiger partial charge in [-0.1, -0.05) is 23.7 Å². The molecule has 5 nitrogen and oxygen atoms in total. The Labute approximate surface area is 128 Å². The Morgan fingerprint density at radius 3 is 2.71 bits per heavy atom. The van der Waals surface area contributed by atoms with Crippen LogP contribution >= 0.6 is 11.6 Å². The molecule has 1 atom stereocenters. The summed E-state index contributed by atoms with van der Waals surface area (Å²) in [7, 11) is 1.67. The third-order valence-corrected chi connectivity index (χ3v) is 3.94. The molecular weight excluding hydrogens is 288 g/mol. The summed E-state index contributed by atoms with van der Waals surface area (Å²) in [6.07, 6.45) is 2.19. The van der Waals surface area contributed by atoms with E-state index in [9.17, 15) is 0 Å². The van der Waals surface area contributed by atoms with Gasteiger partial charge in [0.1, 0.15) is 16.7 Å². The van der Waals surface area contributed by atoms with Gasteiger partial charge in [-0.05, 0) is 30.5 Å². The smallest absolute Gasteiger partial charge is 0.223 e. The average Bonchev–Trinajstić information content (AvgIpc) is 2.96. The maximum absolute atomic E-state index is 5.99. The molecule has 0 bridgehead atoms. The highest BCUT2D eigenvalue weighted by Crippen LogP contribution is 2.36. The van der Waals surface area contributed by atoms with Crippen molar-refractivity contribution in [2.75, 3.05) is 24.3 Å². The van der Waals surface area contributed by atoms with Crippen molar-refractivity contribution in [3.05, 3.63) is 41.0 Å². The number of nitrogen functional groups attached to an aromatic ring is 1. The Balaban J connectivity index is 1.90. The molecule has 21 heavy (non-hydrogen) atoms. The minimum absolute atomic E-state index is 0.206. The van der Waals surface area contributed by atoms with Gasteiger partial charge in [-0.2, -0.15) is 4.98 Å². The Morgan fingerprint density at radius 2 is 2.05 bits per heavy atom. The zero-order valence-corrected chi connectivity index (χ0v) is 12.5. The van der Waals surface area contributed by atoms with Crippen LogP contribution in [0.3, 0.4) is 0 Å². The molecule has 6 heteroatoms. The first kappa shape index (κ1) is 13.9. The van der Waals surface area contributed by atoms with Gasteiger partial charge >= 0.3 is 0 Å². The van der Waals surface area contributed by atoms with Crippen LogP contribution in [0.25, 0.3) is 0 Å². The van der Waals surface area contributed by atoms with Crippen LogP contribution in [0.2, 0.25) is 5.15 Å². The lowest BCUT2D eigenvalue weighted by atomic mass is 10.0. The molecule has 110 valence electrons. The monoisotopic (exact) mass is 304 g/mol. The number of ether oxygens (including phenoxy) is 1. The average molecular weight is 305 g/mol. The van der Waals surface area contributed by atoms with Crippen LogP contribution < -0.4 is 15.4 Å². The number of anilines is 2. The van der Waals surface area contributed by atoms with E-state index in [1.165, 1.54) is 5.56 Å². The van der Waals surface area contributed by atoms with Crippen LogP contribution in [-0.2, 0) is 0 Å². The second-order valence-electron chi connectivity index (χ2n) is 5.03. The Hall–Kier alpha value is -2.01. The molecule has 0 amide bonds. The van der Waals surface area contributed by atoms with Crippen molar-refractivity contribution in [3.8, 4) is 5.75 Å². The third kappa shape index (κ3) is 2.88. The molecule has 1 saturated heterocycles. The van der Waals surface area contributed by atoms with E-state index in [1.807, 2.05) is 12.1 Å². The number of benzene rings is 1. The van der Waals surface area contributed by atoms with E-state index < -0.39 is 0 Å². The molecule has 3 rings (SSSR count). The molecule has 0 radical (unpaired) electrons. The Kier molecular flexibility index (Phi) is 3.84. The number of hydrogen-bond donors (Lipinski definition) is 1. The van der Waals surface area contributed by atoms with Gasteiger partial charge < -0.3 is 15.4 Å². The molecule has 2 aromatic rings.